The number of carbonyl (C=O) groups excluding carboxylic acids is 2. The number of hydrogen-bond acceptors (Lipinski definition) is 9. The van der Waals surface area contributed by atoms with E-state index in [4.69, 9.17) is 4.74 Å². The van der Waals surface area contributed by atoms with Crippen molar-refractivity contribution in [2.24, 2.45) is 5.41 Å². The summed E-state index contributed by atoms with van der Waals surface area (Å²) in [6.45, 7) is 2.62. The number of rotatable bonds is 7. The van der Waals surface area contributed by atoms with Crippen molar-refractivity contribution in [2.75, 3.05) is 19.8 Å². The number of amides is 1. The van der Waals surface area contributed by atoms with Gasteiger partial charge in [-0.2, -0.15) is 4.68 Å². The number of hydrogen-bond donors (Lipinski definition) is 2. The molecule has 1 amide bonds. The van der Waals surface area contributed by atoms with E-state index in [0.29, 0.717) is 18.5 Å². The second-order valence-corrected chi connectivity index (χ2v) is 9.34. The molecule has 2 aromatic rings. The van der Waals surface area contributed by atoms with Crippen LogP contribution in [0.5, 0.6) is 0 Å². The van der Waals surface area contributed by atoms with E-state index in [1.165, 1.54) is 6.33 Å². The van der Waals surface area contributed by atoms with Crippen LogP contribution in [0.2, 0.25) is 0 Å². The lowest BCUT2D eigenvalue weighted by Crippen LogP contribution is -2.43. The zero-order valence-electron chi connectivity index (χ0n) is 19.2. The number of carbonyl (C=O) groups is 2. The number of esters is 1. The number of ether oxygens (including phenoxy) is 1. The number of aromatic nitrogens is 5. The van der Waals surface area contributed by atoms with Gasteiger partial charge in [0, 0.05) is 19.2 Å². The van der Waals surface area contributed by atoms with Gasteiger partial charge < -0.3 is 20.1 Å². The van der Waals surface area contributed by atoms with Gasteiger partial charge in [-0.05, 0) is 68.0 Å². The van der Waals surface area contributed by atoms with Crippen LogP contribution in [0.25, 0.3) is 5.69 Å². The number of nitrogens with one attached hydrogen (secondary N) is 1. The first kappa shape index (κ1) is 22.6. The summed E-state index contributed by atoms with van der Waals surface area (Å²) in [6, 6.07) is 3.98. The van der Waals surface area contributed by atoms with Crippen LogP contribution in [0, 0.1) is 5.41 Å². The minimum atomic E-state index is -0.352. The van der Waals surface area contributed by atoms with Crippen LogP contribution in [0.1, 0.15) is 57.2 Å². The van der Waals surface area contributed by atoms with E-state index in [0.717, 1.165) is 49.2 Å². The Morgan fingerprint density at radius 2 is 2.09 bits per heavy atom. The van der Waals surface area contributed by atoms with E-state index < -0.39 is 0 Å². The van der Waals surface area contributed by atoms with Gasteiger partial charge in [0.05, 0.1) is 40.3 Å². The Labute approximate surface area is 197 Å². The van der Waals surface area contributed by atoms with Crippen molar-refractivity contribution in [1.82, 2.24) is 35.4 Å². The van der Waals surface area contributed by atoms with Gasteiger partial charge in [0.1, 0.15) is 12.9 Å². The first-order chi connectivity index (χ1) is 16.5. The highest BCUT2D eigenvalue weighted by Gasteiger charge is 2.50. The molecule has 0 bridgehead atoms. The molecular formula is C23H29N7O4. The monoisotopic (exact) mass is 467 g/mol. The Balaban J connectivity index is 1.22. The molecule has 2 fully saturated rings. The molecule has 2 N–H and O–H groups in total. The van der Waals surface area contributed by atoms with Crippen molar-refractivity contribution in [3.8, 4) is 5.69 Å². The van der Waals surface area contributed by atoms with Gasteiger partial charge >= 0.3 is 5.97 Å². The largest absolute Gasteiger partial charge is 0.456 e. The Hall–Kier alpha value is -3.18. The molecule has 1 saturated carbocycles. The van der Waals surface area contributed by atoms with E-state index >= 15 is 0 Å². The van der Waals surface area contributed by atoms with Crippen molar-refractivity contribution in [2.45, 2.75) is 57.5 Å². The van der Waals surface area contributed by atoms with Gasteiger partial charge in [0.2, 0.25) is 5.91 Å². The Morgan fingerprint density at radius 3 is 2.71 bits per heavy atom. The summed E-state index contributed by atoms with van der Waals surface area (Å²) in [6.07, 6.45) is 7.94. The molecule has 11 nitrogen and oxygen atoms in total. The summed E-state index contributed by atoms with van der Waals surface area (Å²) in [5, 5.41) is 24.4. The summed E-state index contributed by atoms with van der Waals surface area (Å²) in [5.41, 5.74) is 2.54. The third-order valence-corrected chi connectivity index (χ3v) is 7.46. The number of cyclic esters (lactones) is 1. The Morgan fingerprint density at radius 1 is 1.26 bits per heavy atom. The summed E-state index contributed by atoms with van der Waals surface area (Å²) in [4.78, 5) is 31.5. The van der Waals surface area contributed by atoms with E-state index in [1.54, 1.807) is 22.7 Å². The van der Waals surface area contributed by atoms with Crippen LogP contribution in [0.15, 0.2) is 35.9 Å². The average Bonchev–Trinajstić information content (AvgIpc) is 3.58. The van der Waals surface area contributed by atoms with Crippen LogP contribution in [0.4, 0.5) is 0 Å². The summed E-state index contributed by atoms with van der Waals surface area (Å²) >= 11 is 0. The van der Waals surface area contributed by atoms with E-state index in [1.807, 2.05) is 12.1 Å². The zero-order chi connectivity index (χ0) is 23.7. The minimum Gasteiger partial charge on any atom is -0.456 e. The first-order valence-corrected chi connectivity index (χ1v) is 11.8. The second kappa shape index (κ2) is 9.22. The predicted octanol–water partition coefficient (Wildman–Crippen LogP) is 1.06. The SMILES string of the molecule is CC1=C(N2CCC3(CCC(NC(CCO)c4ccc(-n5cnnn5)cn4)CC3)C2=O)COC1=O. The van der Waals surface area contributed by atoms with Gasteiger partial charge in [0.15, 0.2) is 0 Å². The number of pyridine rings is 1. The molecule has 0 aromatic carbocycles. The number of likely N-dealkylation sites (tertiary alicyclic amines) is 1. The third-order valence-electron chi connectivity index (χ3n) is 7.46. The molecule has 11 heteroatoms. The molecule has 4 heterocycles. The molecule has 34 heavy (non-hydrogen) atoms. The van der Waals surface area contributed by atoms with Gasteiger partial charge in [-0.25, -0.2) is 4.79 Å². The molecule has 1 spiro atoms. The molecule has 1 saturated heterocycles. The van der Waals surface area contributed by atoms with Crippen LogP contribution < -0.4 is 5.32 Å². The van der Waals surface area contributed by atoms with Crippen molar-refractivity contribution >= 4 is 11.9 Å². The van der Waals surface area contributed by atoms with Gasteiger partial charge in [0.25, 0.3) is 0 Å². The predicted molar refractivity (Wildman–Crippen MR) is 119 cm³/mol. The molecule has 1 atom stereocenters. The number of aliphatic hydroxyl groups excluding tert-OH is 1. The van der Waals surface area contributed by atoms with Crippen molar-refractivity contribution < 1.29 is 19.4 Å². The topological polar surface area (TPSA) is 135 Å². The highest BCUT2D eigenvalue weighted by molar-refractivity contribution is 5.94. The average molecular weight is 468 g/mol. The van der Waals surface area contributed by atoms with Crippen LogP contribution in [0.3, 0.4) is 0 Å². The summed E-state index contributed by atoms with van der Waals surface area (Å²) in [5.74, 6) is -0.198. The number of tetrazole rings is 1. The Bertz CT molecular complexity index is 1080. The molecule has 1 unspecified atom stereocenters. The normalized spacial score (nSPS) is 25.9. The number of aliphatic hydroxyl groups is 1. The second-order valence-electron chi connectivity index (χ2n) is 9.34. The minimum absolute atomic E-state index is 0.0491. The lowest BCUT2D eigenvalue weighted by Gasteiger charge is -2.37. The fourth-order valence-electron chi connectivity index (χ4n) is 5.38. The van der Waals surface area contributed by atoms with Crippen LogP contribution in [-0.4, -0.2) is 72.9 Å². The lowest BCUT2D eigenvalue weighted by molar-refractivity contribution is -0.138. The van der Waals surface area contributed by atoms with Crippen LogP contribution >= 0.6 is 0 Å². The first-order valence-electron chi connectivity index (χ1n) is 11.8. The van der Waals surface area contributed by atoms with E-state index in [-0.39, 0.29) is 42.6 Å². The standard InChI is InChI=1S/C23H29N7O4/c1-15-20(13-34-21(15)32)29-10-9-23(22(29)33)7-4-16(5-8-23)26-19(6-11-31)18-3-2-17(12-24-18)30-14-25-27-28-30/h2-3,12,14,16,19,26,31H,4-11,13H2,1H3. The zero-order valence-corrected chi connectivity index (χ0v) is 19.2. The molecule has 1 aliphatic carbocycles. The van der Waals surface area contributed by atoms with E-state index in [2.05, 4.69) is 25.8 Å². The summed E-state index contributed by atoms with van der Waals surface area (Å²) < 4.78 is 6.65. The van der Waals surface area contributed by atoms with Crippen molar-refractivity contribution in [3.63, 3.8) is 0 Å². The van der Waals surface area contributed by atoms with E-state index in [9.17, 15) is 14.7 Å². The van der Waals surface area contributed by atoms with Crippen molar-refractivity contribution in [3.05, 3.63) is 41.6 Å². The van der Waals surface area contributed by atoms with Gasteiger partial charge in [-0.15, -0.1) is 5.10 Å². The third kappa shape index (κ3) is 4.09. The molecular weight excluding hydrogens is 438 g/mol. The fourth-order valence-corrected chi connectivity index (χ4v) is 5.38. The summed E-state index contributed by atoms with van der Waals surface area (Å²) in [7, 11) is 0. The Kier molecular flexibility index (Phi) is 6.13. The van der Waals surface area contributed by atoms with Crippen molar-refractivity contribution in [1.29, 1.82) is 0 Å². The van der Waals surface area contributed by atoms with Gasteiger partial charge in [-0.3, -0.25) is 9.78 Å². The number of nitrogens with zero attached hydrogens (tertiary/aromatic N) is 6. The molecule has 180 valence electrons. The maximum Gasteiger partial charge on any atom is 0.336 e. The molecule has 2 aromatic heterocycles. The fraction of sp³-hybridized carbons (Fsp3) is 0.565. The molecule has 2 aliphatic heterocycles. The molecule has 0 radical (unpaired) electrons. The molecule has 5 rings (SSSR count). The highest BCUT2D eigenvalue weighted by atomic mass is 16.5. The molecule has 3 aliphatic rings. The smallest absolute Gasteiger partial charge is 0.336 e. The van der Waals surface area contributed by atoms with Gasteiger partial charge in [-0.1, -0.05) is 0 Å². The lowest BCUT2D eigenvalue weighted by atomic mass is 9.71. The van der Waals surface area contributed by atoms with Crippen LogP contribution in [-0.2, 0) is 14.3 Å². The highest BCUT2D eigenvalue weighted by Crippen LogP contribution is 2.46. The maximum atomic E-state index is 13.3. The quantitative estimate of drug-likeness (QED) is 0.573. The maximum absolute atomic E-state index is 13.3.